The number of aryl methyl sites for hydroxylation is 2. The number of hydrogen-bond acceptors (Lipinski definition) is 4. The Morgan fingerprint density at radius 1 is 1.11 bits per heavy atom. The van der Waals surface area contributed by atoms with Crippen LogP contribution in [0.2, 0.25) is 0 Å². The fourth-order valence-electron chi connectivity index (χ4n) is 3.44. The Balaban J connectivity index is 1.53. The second-order valence-electron chi connectivity index (χ2n) is 7.06. The first-order valence-corrected chi connectivity index (χ1v) is 9.30. The molecule has 1 aliphatic heterocycles. The second-order valence-corrected chi connectivity index (χ2v) is 7.06. The van der Waals surface area contributed by atoms with Gasteiger partial charge in [0, 0.05) is 17.8 Å². The summed E-state index contributed by atoms with van der Waals surface area (Å²) in [5.41, 5.74) is 4.40. The van der Waals surface area contributed by atoms with E-state index in [1.807, 2.05) is 44.2 Å². The van der Waals surface area contributed by atoms with Crippen molar-refractivity contribution in [1.82, 2.24) is 5.32 Å². The van der Waals surface area contributed by atoms with E-state index in [0.29, 0.717) is 12.1 Å². The average molecular weight is 380 g/mol. The number of nitrogens with one attached hydrogen (secondary N) is 1. The zero-order valence-electron chi connectivity index (χ0n) is 16.3. The highest BCUT2D eigenvalue weighted by atomic mass is 16.5. The molecule has 0 unspecified atom stereocenters. The molecule has 1 heterocycles. The van der Waals surface area contributed by atoms with E-state index in [-0.39, 0.29) is 18.4 Å². The summed E-state index contributed by atoms with van der Waals surface area (Å²) in [6, 6.07) is 13.2. The van der Waals surface area contributed by atoms with Gasteiger partial charge in [0.25, 0.3) is 11.8 Å². The van der Waals surface area contributed by atoms with Crippen molar-refractivity contribution in [2.75, 3.05) is 18.0 Å². The van der Waals surface area contributed by atoms with Crippen LogP contribution in [0.15, 0.2) is 42.5 Å². The third-order valence-electron chi connectivity index (χ3n) is 4.69. The quantitative estimate of drug-likeness (QED) is 0.809. The molecule has 1 N–H and O–H groups in total. The number of amides is 2. The van der Waals surface area contributed by atoms with Gasteiger partial charge in [-0.1, -0.05) is 35.4 Å². The van der Waals surface area contributed by atoms with E-state index < -0.39 is 12.1 Å². The minimum absolute atomic E-state index is 0.265. The number of fused-ring (bicyclic) bond motifs is 1. The molecule has 0 aliphatic carbocycles. The number of para-hydroxylation sites is 1. The number of carbonyl (C=O) groups excluding carboxylic acids is 3. The summed E-state index contributed by atoms with van der Waals surface area (Å²) in [5.74, 6) is -1.26. The van der Waals surface area contributed by atoms with Crippen molar-refractivity contribution in [2.24, 2.45) is 0 Å². The summed E-state index contributed by atoms with van der Waals surface area (Å²) in [6.45, 7) is 5.64. The van der Waals surface area contributed by atoms with Crippen molar-refractivity contribution in [3.63, 3.8) is 0 Å². The Hall–Kier alpha value is -3.15. The number of benzene rings is 2. The van der Waals surface area contributed by atoms with Gasteiger partial charge in [0.1, 0.15) is 6.54 Å². The molecule has 1 aliphatic rings. The lowest BCUT2D eigenvalue weighted by atomic mass is 10.1. The number of ether oxygens (including phenoxy) is 1. The Labute approximate surface area is 164 Å². The van der Waals surface area contributed by atoms with E-state index >= 15 is 0 Å². The molecule has 28 heavy (non-hydrogen) atoms. The Bertz CT molecular complexity index is 902. The lowest BCUT2D eigenvalue weighted by molar-refractivity contribution is -0.152. The van der Waals surface area contributed by atoms with E-state index in [0.717, 1.165) is 28.8 Å². The first-order chi connectivity index (χ1) is 13.3. The highest BCUT2D eigenvalue weighted by Gasteiger charge is 2.29. The number of hydrogen-bond donors (Lipinski definition) is 1. The van der Waals surface area contributed by atoms with E-state index in [9.17, 15) is 14.4 Å². The summed E-state index contributed by atoms with van der Waals surface area (Å²) < 4.78 is 5.23. The van der Waals surface area contributed by atoms with Crippen LogP contribution in [0.25, 0.3) is 0 Å². The maximum atomic E-state index is 12.6. The minimum atomic E-state index is -0.920. The summed E-state index contributed by atoms with van der Waals surface area (Å²) >= 11 is 0. The molecule has 6 nitrogen and oxygen atoms in total. The van der Waals surface area contributed by atoms with Gasteiger partial charge in [-0.15, -0.1) is 0 Å². The summed E-state index contributed by atoms with van der Waals surface area (Å²) in [5, 5.41) is 2.54. The van der Waals surface area contributed by atoms with Crippen molar-refractivity contribution in [3.8, 4) is 0 Å². The van der Waals surface area contributed by atoms with Crippen LogP contribution >= 0.6 is 0 Å². The van der Waals surface area contributed by atoms with Crippen LogP contribution in [0.5, 0.6) is 0 Å². The molecule has 0 saturated carbocycles. The third kappa shape index (κ3) is 4.39. The largest absolute Gasteiger partial charge is 0.451 e. The standard InChI is InChI=1S/C22H24N2O4/c1-14-10-15(2)12-18(11-14)21(26)23-13-20(25)28-16(3)22(27)24-9-8-17-6-4-5-7-19(17)24/h4-7,10-12,16H,8-9,13H2,1-3H3,(H,23,26)/t16-/m0/s1. The average Bonchev–Trinajstić information content (AvgIpc) is 3.08. The van der Waals surface area contributed by atoms with E-state index in [1.165, 1.54) is 0 Å². The predicted octanol–water partition coefficient (Wildman–Crippen LogP) is 2.55. The molecule has 6 heteroatoms. The predicted molar refractivity (Wildman–Crippen MR) is 106 cm³/mol. The first-order valence-electron chi connectivity index (χ1n) is 9.30. The minimum Gasteiger partial charge on any atom is -0.451 e. The smallest absolute Gasteiger partial charge is 0.326 e. The third-order valence-corrected chi connectivity index (χ3v) is 4.69. The number of anilines is 1. The molecule has 0 radical (unpaired) electrons. The molecule has 146 valence electrons. The van der Waals surface area contributed by atoms with Crippen molar-refractivity contribution >= 4 is 23.5 Å². The van der Waals surface area contributed by atoms with Gasteiger partial charge in [0.05, 0.1) is 0 Å². The summed E-state index contributed by atoms with van der Waals surface area (Å²) in [7, 11) is 0. The maximum absolute atomic E-state index is 12.6. The van der Waals surface area contributed by atoms with Gasteiger partial charge in [0.15, 0.2) is 6.10 Å². The fourth-order valence-corrected chi connectivity index (χ4v) is 3.44. The van der Waals surface area contributed by atoms with Crippen molar-refractivity contribution in [1.29, 1.82) is 0 Å². The summed E-state index contributed by atoms with van der Waals surface area (Å²) in [4.78, 5) is 38.6. The molecule has 2 aromatic rings. The molecule has 2 aromatic carbocycles. The fraction of sp³-hybridized carbons (Fsp3) is 0.318. The van der Waals surface area contributed by atoms with Crippen LogP contribution in [-0.4, -0.2) is 37.0 Å². The van der Waals surface area contributed by atoms with Crippen LogP contribution in [0, 0.1) is 13.8 Å². The molecule has 0 aromatic heterocycles. The van der Waals surface area contributed by atoms with E-state index in [1.54, 1.807) is 24.0 Å². The van der Waals surface area contributed by atoms with Gasteiger partial charge in [-0.05, 0) is 51.0 Å². The zero-order valence-corrected chi connectivity index (χ0v) is 16.3. The van der Waals surface area contributed by atoms with Crippen LogP contribution in [0.3, 0.4) is 0 Å². The molecular weight excluding hydrogens is 356 g/mol. The molecular formula is C22H24N2O4. The molecule has 0 spiro atoms. The topological polar surface area (TPSA) is 75.7 Å². The lowest BCUT2D eigenvalue weighted by Gasteiger charge is -2.21. The van der Waals surface area contributed by atoms with Gasteiger partial charge < -0.3 is 15.0 Å². The van der Waals surface area contributed by atoms with Crippen molar-refractivity contribution in [3.05, 3.63) is 64.7 Å². The maximum Gasteiger partial charge on any atom is 0.326 e. The van der Waals surface area contributed by atoms with Crippen molar-refractivity contribution < 1.29 is 19.1 Å². The zero-order chi connectivity index (χ0) is 20.3. The van der Waals surface area contributed by atoms with Gasteiger partial charge in [-0.25, -0.2) is 0 Å². The SMILES string of the molecule is Cc1cc(C)cc(C(=O)NCC(=O)O[C@@H](C)C(=O)N2CCc3ccccc32)c1. The number of rotatable bonds is 5. The normalized spacial score (nSPS) is 13.6. The number of esters is 1. The van der Waals surface area contributed by atoms with E-state index in [2.05, 4.69) is 5.32 Å². The Morgan fingerprint density at radius 2 is 1.79 bits per heavy atom. The molecule has 0 bridgehead atoms. The highest BCUT2D eigenvalue weighted by Crippen LogP contribution is 2.28. The molecule has 2 amide bonds. The first kappa shape index (κ1) is 19.6. The molecule has 0 saturated heterocycles. The van der Waals surface area contributed by atoms with Gasteiger partial charge in [-0.3, -0.25) is 14.4 Å². The van der Waals surface area contributed by atoms with Crippen LogP contribution in [0.4, 0.5) is 5.69 Å². The molecule has 3 rings (SSSR count). The second kappa shape index (κ2) is 8.25. The highest BCUT2D eigenvalue weighted by molar-refractivity contribution is 5.99. The van der Waals surface area contributed by atoms with Crippen molar-refractivity contribution in [2.45, 2.75) is 33.3 Å². The Morgan fingerprint density at radius 3 is 2.50 bits per heavy atom. The van der Waals surface area contributed by atoms with Gasteiger partial charge >= 0.3 is 5.97 Å². The van der Waals surface area contributed by atoms with Gasteiger partial charge in [0.2, 0.25) is 0 Å². The van der Waals surface area contributed by atoms with E-state index in [4.69, 9.17) is 4.74 Å². The molecule has 1 atom stereocenters. The Kier molecular flexibility index (Phi) is 5.78. The number of nitrogens with zero attached hydrogens (tertiary/aromatic N) is 1. The van der Waals surface area contributed by atoms with Crippen LogP contribution < -0.4 is 10.2 Å². The lowest BCUT2D eigenvalue weighted by Crippen LogP contribution is -2.41. The monoisotopic (exact) mass is 380 g/mol. The molecule has 0 fully saturated rings. The number of carbonyl (C=O) groups is 3. The van der Waals surface area contributed by atoms with Crippen LogP contribution in [0.1, 0.15) is 34.0 Å². The summed E-state index contributed by atoms with van der Waals surface area (Å²) in [6.07, 6.45) is -0.133. The van der Waals surface area contributed by atoms with Crippen LogP contribution in [-0.2, 0) is 20.7 Å². The van der Waals surface area contributed by atoms with Gasteiger partial charge in [-0.2, -0.15) is 0 Å².